The van der Waals surface area contributed by atoms with Crippen molar-refractivity contribution in [2.45, 2.75) is 129 Å². The number of esters is 1. The molecule has 0 N–H and O–H groups in total. The molecule has 2 aromatic rings. The zero-order valence-corrected chi connectivity index (χ0v) is 25.8. The molecule has 0 unspecified atom stereocenters. The van der Waals surface area contributed by atoms with Crippen LogP contribution in [0.3, 0.4) is 0 Å². The minimum atomic E-state index is -1.27. The average Bonchev–Trinajstić information content (AvgIpc) is 3.00. The summed E-state index contributed by atoms with van der Waals surface area (Å²) in [4.78, 5) is 17.0. The average molecular weight is 588 g/mol. The van der Waals surface area contributed by atoms with Crippen LogP contribution in [0.5, 0.6) is 11.5 Å². The number of nitrogens with zero attached hydrogens (tertiary/aromatic N) is 1. The molecule has 0 spiro atoms. The predicted molar refractivity (Wildman–Crippen MR) is 163 cm³/mol. The molecule has 234 valence electrons. The lowest BCUT2D eigenvalue weighted by molar-refractivity contribution is 0.0153. The molecule has 1 fully saturated rings. The van der Waals surface area contributed by atoms with E-state index in [0.717, 1.165) is 57.2 Å². The third kappa shape index (κ3) is 12.0. The highest BCUT2D eigenvalue weighted by molar-refractivity contribution is 5.91. The van der Waals surface area contributed by atoms with Gasteiger partial charge >= 0.3 is 5.97 Å². The Morgan fingerprint density at radius 3 is 2.14 bits per heavy atom. The summed E-state index contributed by atoms with van der Waals surface area (Å²) in [6, 6.07) is 5.96. The molecule has 3 rings (SSSR count). The highest BCUT2D eigenvalue weighted by Crippen LogP contribution is 2.30. The SMILES string of the molecule is CCCCCCCCOc1ccc(C(=O)Oc2ccc(CC[C@H]3CC[C@H](OCCCCCCC)CC3)nc2)c(F)c1F. The molecule has 0 saturated heterocycles. The van der Waals surface area contributed by atoms with Crippen LogP contribution >= 0.6 is 0 Å². The van der Waals surface area contributed by atoms with Gasteiger partial charge in [-0.15, -0.1) is 0 Å². The van der Waals surface area contributed by atoms with Gasteiger partial charge in [0.2, 0.25) is 5.82 Å². The van der Waals surface area contributed by atoms with Crippen LogP contribution in [-0.4, -0.2) is 30.3 Å². The van der Waals surface area contributed by atoms with Crippen molar-refractivity contribution in [3.63, 3.8) is 0 Å². The van der Waals surface area contributed by atoms with Crippen LogP contribution in [-0.2, 0) is 11.2 Å². The van der Waals surface area contributed by atoms with Gasteiger partial charge in [0, 0.05) is 12.3 Å². The second-order valence-corrected chi connectivity index (χ2v) is 11.7. The number of hydrogen-bond donors (Lipinski definition) is 0. The quantitative estimate of drug-likeness (QED) is 0.114. The molecule has 1 aliphatic rings. The first-order chi connectivity index (χ1) is 20.5. The van der Waals surface area contributed by atoms with Crippen LogP contribution in [0.15, 0.2) is 30.5 Å². The number of carbonyl (C=O) groups excluding carboxylic acids is 1. The summed E-state index contributed by atoms with van der Waals surface area (Å²) in [5, 5.41) is 0. The molecule has 1 aromatic carbocycles. The molecular formula is C35H51F2NO4. The zero-order valence-electron chi connectivity index (χ0n) is 25.8. The van der Waals surface area contributed by atoms with Gasteiger partial charge in [-0.3, -0.25) is 4.98 Å². The molecule has 0 atom stereocenters. The van der Waals surface area contributed by atoms with Gasteiger partial charge in [0.1, 0.15) is 5.75 Å². The lowest BCUT2D eigenvalue weighted by Crippen LogP contribution is -2.22. The smallest absolute Gasteiger partial charge is 0.346 e. The summed E-state index contributed by atoms with van der Waals surface area (Å²) < 4.78 is 46.0. The number of unbranched alkanes of at least 4 members (excludes halogenated alkanes) is 9. The van der Waals surface area contributed by atoms with E-state index in [1.165, 1.54) is 82.5 Å². The maximum absolute atomic E-state index is 14.6. The normalized spacial score (nSPS) is 16.9. The van der Waals surface area contributed by atoms with Crippen molar-refractivity contribution in [2.24, 2.45) is 5.92 Å². The molecule has 0 radical (unpaired) electrons. The van der Waals surface area contributed by atoms with Crippen LogP contribution in [0.1, 0.15) is 133 Å². The van der Waals surface area contributed by atoms with Gasteiger partial charge in [-0.1, -0.05) is 71.6 Å². The van der Waals surface area contributed by atoms with E-state index in [0.29, 0.717) is 18.6 Å². The number of carbonyl (C=O) groups is 1. The summed E-state index contributed by atoms with van der Waals surface area (Å²) in [5.74, 6) is -2.74. The number of halogens is 2. The Morgan fingerprint density at radius 2 is 1.48 bits per heavy atom. The molecule has 42 heavy (non-hydrogen) atoms. The van der Waals surface area contributed by atoms with E-state index in [2.05, 4.69) is 18.8 Å². The van der Waals surface area contributed by atoms with Crippen LogP contribution in [0.25, 0.3) is 0 Å². The fourth-order valence-electron chi connectivity index (χ4n) is 5.54. The number of aryl methyl sites for hydroxylation is 1. The lowest BCUT2D eigenvalue weighted by Gasteiger charge is -2.28. The van der Waals surface area contributed by atoms with Gasteiger partial charge < -0.3 is 14.2 Å². The predicted octanol–water partition coefficient (Wildman–Crippen LogP) is 9.80. The summed E-state index contributed by atoms with van der Waals surface area (Å²) >= 11 is 0. The van der Waals surface area contributed by atoms with Gasteiger partial charge in [0.05, 0.1) is 24.5 Å². The van der Waals surface area contributed by atoms with Crippen LogP contribution in [0.4, 0.5) is 8.78 Å². The number of rotatable bonds is 20. The van der Waals surface area contributed by atoms with Crippen LogP contribution in [0.2, 0.25) is 0 Å². The fraction of sp³-hybridized carbons (Fsp3) is 0.657. The van der Waals surface area contributed by atoms with Crippen LogP contribution < -0.4 is 9.47 Å². The molecular weight excluding hydrogens is 536 g/mol. The second kappa shape index (κ2) is 19.6. The monoisotopic (exact) mass is 587 g/mol. The standard InChI is InChI=1S/C35H51F2NO4/c1-3-5-7-9-11-13-25-41-32-23-22-31(33(36)34(32)37)35(39)42-30-21-18-28(38-26-30)17-14-27-15-19-29(20-16-27)40-24-12-10-8-6-4-2/h18,21-23,26-27,29H,3-17,19-20,24-25H2,1-2H3/t27-,29-. The highest BCUT2D eigenvalue weighted by atomic mass is 19.2. The maximum atomic E-state index is 14.6. The number of pyridine rings is 1. The molecule has 0 aliphatic heterocycles. The first kappa shape index (κ1) is 34.0. The second-order valence-electron chi connectivity index (χ2n) is 11.7. The summed E-state index contributed by atoms with van der Waals surface area (Å²) in [6.07, 6.45) is 21.2. The summed E-state index contributed by atoms with van der Waals surface area (Å²) in [5.41, 5.74) is 0.448. The Kier molecular flexibility index (Phi) is 15.9. The van der Waals surface area contributed by atoms with E-state index in [-0.39, 0.29) is 11.5 Å². The van der Waals surface area contributed by atoms with Crippen molar-refractivity contribution in [3.8, 4) is 11.5 Å². The number of ether oxygens (including phenoxy) is 3. The van der Waals surface area contributed by atoms with Crippen LogP contribution in [0, 0.1) is 17.6 Å². The van der Waals surface area contributed by atoms with E-state index in [1.807, 2.05) is 6.07 Å². The van der Waals surface area contributed by atoms with E-state index >= 15 is 0 Å². The van der Waals surface area contributed by atoms with E-state index in [4.69, 9.17) is 14.2 Å². The van der Waals surface area contributed by atoms with Crippen molar-refractivity contribution in [1.29, 1.82) is 0 Å². The minimum Gasteiger partial charge on any atom is -0.490 e. The molecule has 0 amide bonds. The molecule has 0 bridgehead atoms. The molecule has 5 nitrogen and oxygen atoms in total. The first-order valence-corrected chi connectivity index (χ1v) is 16.4. The molecule has 1 aromatic heterocycles. The number of aromatic nitrogens is 1. The van der Waals surface area contributed by atoms with Crippen molar-refractivity contribution >= 4 is 5.97 Å². The fourth-order valence-corrected chi connectivity index (χ4v) is 5.54. The van der Waals surface area contributed by atoms with E-state index in [9.17, 15) is 13.6 Å². The van der Waals surface area contributed by atoms with Crippen molar-refractivity contribution < 1.29 is 27.8 Å². The largest absolute Gasteiger partial charge is 0.490 e. The van der Waals surface area contributed by atoms with Gasteiger partial charge in [-0.2, -0.15) is 4.39 Å². The van der Waals surface area contributed by atoms with Crippen molar-refractivity contribution in [2.75, 3.05) is 13.2 Å². The Bertz CT molecular complexity index is 1040. The summed E-state index contributed by atoms with van der Waals surface area (Å²) in [7, 11) is 0. The van der Waals surface area contributed by atoms with E-state index < -0.39 is 23.2 Å². The lowest BCUT2D eigenvalue weighted by atomic mass is 9.84. The molecule has 1 heterocycles. The van der Waals surface area contributed by atoms with Gasteiger partial charge in [0.25, 0.3) is 0 Å². The Labute approximate surface area is 251 Å². The van der Waals surface area contributed by atoms with Gasteiger partial charge in [0.15, 0.2) is 11.6 Å². The Balaban J connectivity index is 1.36. The van der Waals surface area contributed by atoms with Crippen molar-refractivity contribution in [3.05, 3.63) is 53.4 Å². The van der Waals surface area contributed by atoms with Gasteiger partial charge in [-0.25, -0.2) is 9.18 Å². The molecule has 1 aliphatic carbocycles. The Hall–Kier alpha value is -2.54. The maximum Gasteiger partial charge on any atom is 0.346 e. The first-order valence-electron chi connectivity index (χ1n) is 16.4. The van der Waals surface area contributed by atoms with Gasteiger partial charge in [-0.05, 0) is 81.5 Å². The topological polar surface area (TPSA) is 57.7 Å². The number of benzene rings is 1. The highest BCUT2D eigenvalue weighted by Gasteiger charge is 2.23. The molecule has 7 heteroatoms. The summed E-state index contributed by atoms with van der Waals surface area (Å²) in [6.45, 7) is 5.59. The minimum absolute atomic E-state index is 0.192. The zero-order chi connectivity index (χ0) is 30.0. The van der Waals surface area contributed by atoms with E-state index in [1.54, 1.807) is 6.07 Å². The molecule has 1 saturated carbocycles. The third-order valence-corrected chi connectivity index (χ3v) is 8.23. The number of hydrogen-bond acceptors (Lipinski definition) is 5. The van der Waals surface area contributed by atoms with Crippen molar-refractivity contribution in [1.82, 2.24) is 4.98 Å². The third-order valence-electron chi connectivity index (χ3n) is 8.23. The Morgan fingerprint density at radius 1 is 0.810 bits per heavy atom.